The SMILES string of the molecule is O=C(O)NCC[C@H](O)C(=O)O. The first-order valence-corrected chi connectivity index (χ1v) is 2.91. The van der Waals surface area contributed by atoms with Crippen LogP contribution in [0.15, 0.2) is 0 Å². The van der Waals surface area contributed by atoms with Gasteiger partial charge in [-0.05, 0) is 0 Å². The molecule has 0 unspecified atom stereocenters. The zero-order valence-corrected chi connectivity index (χ0v) is 5.65. The molecule has 1 amide bonds. The molecule has 0 fully saturated rings. The second-order valence-electron chi connectivity index (χ2n) is 1.87. The van der Waals surface area contributed by atoms with Gasteiger partial charge in [-0.25, -0.2) is 9.59 Å². The Morgan fingerprint density at radius 1 is 1.36 bits per heavy atom. The smallest absolute Gasteiger partial charge is 0.404 e. The van der Waals surface area contributed by atoms with Crippen molar-refractivity contribution in [3.8, 4) is 0 Å². The lowest BCUT2D eigenvalue weighted by molar-refractivity contribution is -0.146. The zero-order chi connectivity index (χ0) is 8.85. The zero-order valence-electron chi connectivity index (χ0n) is 5.65. The van der Waals surface area contributed by atoms with Gasteiger partial charge in [0.2, 0.25) is 0 Å². The number of hydrogen-bond donors (Lipinski definition) is 4. The summed E-state index contributed by atoms with van der Waals surface area (Å²) in [5.41, 5.74) is 0. The summed E-state index contributed by atoms with van der Waals surface area (Å²) >= 11 is 0. The first-order valence-electron chi connectivity index (χ1n) is 2.91. The van der Waals surface area contributed by atoms with E-state index in [1.54, 1.807) is 0 Å². The minimum absolute atomic E-state index is 0.0667. The molecular formula is C5H9NO5. The van der Waals surface area contributed by atoms with E-state index in [1.807, 2.05) is 5.32 Å². The molecule has 0 rings (SSSR count). The molecule has 0 aliphatic carbocycles. The van der Waals surface area contributed by atoms with Gasteiger partial charge in [0.05, 0.1) is 0 Å². The molecule has 4 N–H and O–H groups in total. The predicted molar refractivity (Wildman–Crippen MR) is 34.3 cm³/mol. The summed E-state index contributed by atoms with van der Waals surface area (Å²) in [5, 5.41) is 26.7. The van der Waals surface area contributed by atoms with E-state index in [1.165, 1.54) is 0 Å². The van der Waals surface area contributed by atoms with Crippen LogP contribution in [-0.2, 0) is 4.79 Å². The van der Waals surface area contributed by atoms with Crippen LogP contribution in [0.3, 0.4) is 0 Å². The molecule has 0 aromatic rings. The summed E-state index contributed by atoms with van der Waals surface area (Å²) in [6, 6.07) is 0. The third kappa shape index (κ3) is 5.16. The Morgan fingerprint density at radius 2 is 1.91 bits per heavy atom. The first kappa shape index (κ1) is 9.70. The quantitative estimate of drug-likeness (QED) is 0.429. The van der Waals surface area contributed by atoms with Crippen LogP contribution >= 0.6 is 0 Å². The highest BCUT2D eigenvalue weighted by molar-refractivity contribution is 5.72. The van der Waals surface area contributed by atoms with E-state index in [0.717, 1.165) is 0 Å². The monoisotopic (exact) mass is 163 g/mol. The van der Waals surface area contributed by atoms with Crippen molar-refractivity contribution in [2.24, 2.45) is 0 Å². The number of aliphatic carboxylic acids is 1. The third-order valence-corrected chi connectivity index (χ3v) is 0.979. The summed E-state index contributed by atoms with van der Waals surface area (Å²) in [5.74, 6) is -1.35. The number of carboxylic acid groups (broad SMARTS) is 2. The first-order chi connectivity index (χ1) is 5.04. The molecule has 0 saturated heterocycles. The van der Waals surface area contributed by atoms with E-state index in [4.69, 9.17) is 15.3 Å². The van der Waals surface area contributed by atoms with Crippen molar-refractivity contribution in [2.45, 2.75) is 12.5 Å². The van der Waals surface area contributed by atoms with Crippen LogP contribution in [0.2, 0.25) is 0 Å². The molecule has 0 radical (unpaired) electrons. The van der Waals surface area contributed by atoms with Gasteiger partial charge in [0.15, 0.2) is 6.10 Å². The standard InChI is InChI=1S/C5H9NO5/c7-3(4(8)9)1-2-6-5(10)11/h3,6-7H,1-2H2,(H,8,9)(H,10,11)/t3-/m0/s1. The maximum Gasteiger partial charge on any atom is 0.404 e. The second kappa shape index (κ2) is 4.51. The van der Waals surface area contributed by atoms with Crippen LogP contribution in [-0.4, -0.2) is 40.0 Å². The Kier molecular flexibility index (Phi) is 3.97. The largest absolute Gasteiger partial charge is 0.479 e. The van der Waals surface area contributed by atoms with Crippen LogP contribution in [0, 0.1) is 0 Å². The van der Waals surface area contributed by atoms with Crippen molar-refractivity contribution in [3.63, 3.8) is 0 Å². The topological polar surface area (TPSA) is 107 Å². The van der Waals surface area contributed by atoms with Gasteiger partial charge in [0.1, 0.15) is 0 Å². The van der Waals surface area contributed by atoms with Gasteiger partial charge in [-0.2, -0.15) is 0 Å². The highest BCUT2D eigenvalue weighted by Crippen LogP contribution is 1.88. The lowest BCUT2D eigenvalue weighted by atomic mass is 10.2. The normalized spacial score (nSPS) is 12.1. The number of nitrogens with one attached hydrogen (secondary N) is 1. The fourth-order valence-corrected chi connectivity index (χ4v) is 0.439. The number of amides is 1. The highest BCUT2D eigenvalue weighted by atomic mass is 16.4. The number of carbonyl (C=O) groups is 2. The molecule has 0 heterocycles. The summed E-state index contributed by atoms with van der Waals surface area (Å²) in [7, 11) is 0. The minimum atomic E-state index is -1.50. The molecule has 64 valence electrons. The van der Waals surface area contributed by atoms with Gasteiger partial charge in [-0.1, -0.05) is 0 Å². The van der Waals surface area contributed by atoms with Crippen molar-refractivity contribution >= 4 is 12.1 Å². The summed E-state index contributed by atoms with van der Waals surface area (Å²) in [6.07, 6.45) is -2.86. The third-order valence-electron chi connectivity index (χ3n) is 0.979. The number of aliphatic hydroxyl groups excluding tert-OH is 1. The average Bonchev–Trinajstić information content (AvgIpc) is 1.86. The van der Waals surface area contributed by atoms with Gasteiger partial charge in [0.25, 0.3) is 0 Å². The molecular weight excluding hydrogens is 154 g/mol. The van der Waals surface area contributed by atoms with E-state index < -0.39 is 18.2 Å². The van der Waals surface area contributed by atoms with Crippen LogP contribution in [0.25, 0.3) is 0 Å². The molecule has 0 aliphatic heterocycles. The number of hydrogen-bond acceptors (Lipinski definition) is 3. The van der Waals surface area contributed by atoms with Crippen molar-refractivity contribution < 1.29 is 24.9 Å². The Balaban J connectivity index is 3.39. The summed E-state index contributed by atoms with van der Waals surface area (Å²) in [4.78, 5) is 19.8. The lowest BCUT2D eigenvalue weighted by Crippen LogP contribution is -2.28. The molecule has 0 aromatic heterocycles. The van der Waals surface area contributed by atoms with E-state index in [9.17, 15) is 9.59 Å². The van der Waals surface area contributed by atoms with Crippen molar-refractivity contribution in [1.29, 1.82) is 0 Å². The Labute approximate surface area is 62.5 Å². The van der Waals surface area contributed by atoms with Crippen LogP contribution in [0.1, 0.15) is 6.42 Å². The van der Waals surface area contributed by atoms with Crippen LogP contribution in [0.5, 0.6) is 0 Å². The molecule has 11 heavy (non-hydrogen) atoms. The Morgan fingerprint density at radius 3 is 2.27 bits per heavy atom. The van der Waals surface area contributed by atoms with Gasteiger partial charge in [-0.3, -0.25) is 0 Å². The van der Waals surface area contributed by atoms with Gasteiger partial charge in [0, 0.05) is 13.0 Å². The molecule has 0 spiro atoms. The van der Waals surface area contributed by atoms with E-state index >= 15 is 0 Å². The van der Waals surface area contributed by atoms with Crippen molar-refractivity contribution in [1.82, 2.24) is 5.32 Å². The maximum atomic E-state index is 9.95. The molecule has 0 saturated carbocycles. The highest BCUT2D eigenvalue weighted by Gasteiger charge is 2.12. The number of carboxylic acids is 1. The Bertz CT molecular complexity index is 157. The summed E-state index contributed by atoms with van der Waals surface area (Å²) in [6.45, 7) is -0.0667. The molecule has 0 aromatic carbocycles. The fraction of sp³-hybridized carbons (Fsp3) is 0.600. The van der Waals surface area contributed by atoms with Gasteiger partial charge >= 0.3 is 12.1 Å². The molecule has 0 bridgehead atoms. The van der Waals surface area contributed by atoms with Gasteiger partial charge < -0.3 is 20.6 Å². The van der Waals surface area contributed by atoms with E-state index in [2.05, 4.69) is 0 Å². The van der Waals surface area contributed by atoms with Gasteiger partial charge in [-0.15, -0.1) is 0 Å². The average molecular weight is 163 g/mol. The number of aliphatic hydroxyl groups is 1. The van der Waals surface area contributed by atoms with Crippen molar-refractivity contribution in [3.05, 3.63) is 0 Å². The van der Waals surface area contributed by atoms with Crippen molar-refractivity contribution in [2.75, 3.05) is 6.54 Å². The molecule has 6 heteroatoms. The van der Waals surface area contributed by atoms with E-state index in [0.29, 0.717) is 0 Å². The summed E-state index contributed by atoms with van der Waals surface area (Å²) < 4.78 is 0. The minimum Gasteiger partial charge on any atom is -0.479 e. The predicted octanol–water partition coefficient (Wildman–Crippen LogP) is -0.910. The fourth-order valence-electron chi connectivity index (χ4n) is 0.439. The van der Waals surface area contributed by atoms with Crippen LogP contribution in [0.4, 0.5) is 4.79 Å². The Hall–Kier alpha value is -1.30. The van der Waals surface area contributed by atoms with E-state index in [-0.39, 0.29) is 13.0 Å². The number of rotatable bonds is 4. The lowest BCUT2D eigenvalue weighted by Gasteiger charge is -2.03. The maximum absolute atomic E-state index is 9.95. The molecule has 0 aliphatic rings. The molecule has 6 nitrogen and oxygen atoms in total. The second-order valence-corrected chi connectivity index (χ2v) is 1.87. The molecule has 1 atom stereocenters. The van der Waals surface area contributed by atoms with Crippen LogP contribution < -0.4 is 5.32 Å².